The molecule has 0 bridgehead atoms. The molecule has 0 heterocycles. The molecule has 0 aliphatic heterocycles. The predicted octanol–water partition coefficient (Wildman–Crippen LogP) is 1.77. The molecule has 1 unspecified atom stereocenters. The molecule has 0 amide bonds. The highest BCUT2D eigenvalue weighted by molar-refractivity contribution is 7.96. The van der Waals surface area contributed by atoms with Gasteiger partial charge in [0, 0.05) is 5.92 Å². The summed E-state index contributed by atoms with van der Waals surface area (Å²) >= 11 is 3.81. The van der Waals surface area contributed by atoms with Gasteiger partial charge in [0.25, 0.3) is 0 Å². The fourth-order valence-corrected chi connectivity index (χ4v) is 1.78. The topological polar surface area (TPSA) is 98.0 Å². The van der Waals surface area contributed by atoms with Gasteiger partial charge in [-0.05, 0) is 6.42 Å². The highest BCUT2D eigenvalue weighted by atomic mass is 32.1. The molecule has 0 saturated heterocycles. The molecule has 0 saturated carbocycles. The minimum absolute atomic E-state index is 0.0357. The molecule has 0 spiro atoms. The second kappa shape index (κ2) is 15.7. The first-order valence-corrected chi connectivity index (χ1v) is 8.54. The van der Waals surface area contributed by atoms with E-state index in [1.54, 1.807) is 0 Å². The van der Waals surface area contributed by atoms with Crippen molar-refractivity contribution in [2.75, 3.05) is 26.4 Å². The molecular weight excluding hydrogens is 304 g/mol. The monoisotopic (exact) mass is 338 g/mol. The van der Waals surface area contributed by atoms with Crippen LogP contribution in [0.5, 0.6) is 0 Å². The van der Waals surface area contributed by atoms with Gasteiger partial charge in [0.05, 0.1) is 31.8 Å². The molecule has 4 N–H and O–H groups in total. The molecule has 6 heteroatoms. The first-order chi connectivity index (χ1) is 10.4. The first-order valence-electron chi connectivity index (χ1n) is 8.09. The van der Waals surface area contributed by atoms with Gasteiger partial charge in [0.2, 0.25) is 0 Å². The van der Waals surface area contributed by atoms with Gasteiger partial charge < -0.3 is 20.4 Å². The maximum absolute atomic E-state index is 10.8. The summed E-state index contributed by atoms with van der Waals surface area (Å²) in [6.45, 7) is 2.56. The average molecular weight is 339 g/mol. The fourth-order valence-electron chi connectivity index (χ4n) is 1.65. The normalized spacial score (nSPS) is 12.5. The molecule has 1 atom stereocenters. The van der Waals surface area contributed by atoms with E-state index in [4.69, 9.17) is 20.4 Å². The number of thiol groups is 1. The van der Waals surface area contributed by atoms with Crippen molar-refractivity contribution in [3.63, 3.8) is 0 Å². The molecule has 0 aromatic carbocycles. The van der Waals surface area contributed by atoms with Crippen LogP contribution in [0.15, 0.2) is 0 Å². The number of aliphatic hydroxyl groups excluding tert-OH is 4. The van der Waals surface area contributed by atoms with Gasteiger partial charge in [-0.3, -0.25) is 4.79 Å². The summed E-state index contributed by atoms with van der Waals surface area (Å²) in [6, 6.07) is 0. The number of carbonyl (C=O) groups excluding carboxylic acids is 1. The lowest BCUT2D eigenvalue weighted by molar-refractivity contribution is -0.113. The summed E-state index contributed by atoms with van der Waals surface area (Å²) in [7, 11) is 0. The third-order valence-corrected chi connectivity index (χ3v) is 4.19. The lowest BCUT2D eigenvalue weighted by Crippen LogP contribution is -2.37. The van der Waals surface area contributed by atoms with Crippen molar-refractivity contribution in [2.45, 2.75) is 58.8 Å². The zero-order valence-corrected chi connectivity index (χ0v) is 14.9. The van der Waals surface area contributed by atoms with Crippen LogP contribution in [0.25, 0.3) is 0 Å². The Hall–Kier alpha value is -0.140. The van der Waals surface area contributed by atoms with E-state index >= 15 is 0 Å². The number of unbranched alkanes of at least 4 members (excludes halogenated alkanes) is 5. The van der Waals surface area contributed by atoms with E-state index in [-0.39, 0.29) is 11.0 Å². The second-order valence-corrected chi connectivity index (χ2v) is 6.37. The Balaban J connectivity index is 0. The summed E-state index contributed by atoms with van der Waals surface area (Å²) in [5.74, 6) is 0.148. The Morgan fingerprint density at radius 1 is 0.909 bits per heavy atom. The zero-order chi connectivity index (χ0) is 17.4. The van der Waals surface area contributed by atoms with Crippen molar-refractivity contribution in [1.82, 2.24) is 0 Å². The van der Waals surface area contributed by atoms with E-state index in [2.05, 4.69) is 19.6 Å². The molecule has 0 aliphatic rings. The van der Waals surface area contributed by atoms with Crippen LogP contribution >= 0.6 is 12.6 Å². The molecule has 0 aliphatic carbocycles. The first kappa shape index (κ1) is 24.1. The van der Waals surface area contributed by atoms with Gasteiger partial charge in [-0.15, -0.1) is 12.6 Å². The quantitative estimate of drug-likeness (QED) is 0.276. The number of hydrogen-bond acceptors (Lipinski definition) is 5. The van der Waals surface area contributed by atoms with Gasteiger partial charge in [-0.25, -0.2) is 0 Å². The van der Waals surface area contributed by atoms with E-state index in [0.29, 0.717) is 0 Å². The number of hydrogen-bond donors (Lipinski definition) is 5. The standard InChI is InChI=1S/C11H22OS.C5H12O4/c1-3-4-5-6-7-8-9-10(2)11(12)13;6-1-5(2-7,3-8)4-9/h10H,3-9H2,1-2H3,(H,12,13);6-9H,1-4H2. The highest BCUT2D eigenvalue weighted by Gasteiger charge is 2.26. The Bertz CT molecular complexity index is 239. The van der Waals surface area contributed by atoms with Crippen LogP contribution in [0.2, 0.25) is 0 Å². The summed E-state index contributed by atoms with van der Waals surface area (Å²) in [4.78, 5) is 10.8. The molecule has 0 radical (unpaired) electrons. The van der Waals surface area contributed by atoms with Crippen LogP contribution < -0.4 is 0 Å². The summed E-state index contributed by atoms with van der Waals surface area (Å²) < 4.78 is 0. The van der Waals surface area contributed by atoms with Crippen LogP contribution in [-0.2, 0) is 4.79 Å². The van der Waals surface area contributed by atoms with Crippen molar-refractivity contribution in [2.24, 2.45) is 11.3 Å². The maximum Gasteiger partial charge on any atom is 0.188 e. The Labute approximate surface area is 140 Å². The SMILES string of the molecule is CCCCCCCCC(C)C(=O)S.OCC(CO)(CO)CO. The molecule has 134 valence electrons. The van der Waals surface area contributed by atoms with Gasteiger partial charge in [0.1, 0.15) is 0 Å². The van der Waals surface area contributed by atoms with Crippen molar-refractivity contribution in [1.29, 1.82) is 0 Å². The summed E-state index contributed by atoms with van der Waals surface area (Å²) in [5, 5.41) is 34.0. The van der Waals surface area contributed by atoms with E-state index in [9.17, 15) is 4.79 Å². The van der Waals surface area contributed by atoms with Crippen molar-refractivity contribution in [3.05, 3.63) is 0 Å². The third-order valence-electron chi connectivity index (χ3n) is 3.75. The van der Waals surface area contributed by atoms with E-state index in [1.165, 1.54) is 38.5 Å². The van der Waals surface area contributed by atoms with Gasteiger partial charge in [-0.2, -0.15) is 0 Å². The van der Waals surface area contributed by atoms with Gasteiger partial charge >= 0.3 is 0 Å². The van der Waals surface area contributed by atoms with Crippen molar-refractivity contribution < 1.29 is 25.2 Å². The van der Waals surface area contributed by atoms with Crippen LogP contribution in [0.1, 0.15) is 58.8 Å². The second-order valence-electron chi connectivity index (χ2n) is 5.93. The number of rotatable bonds is 12. The fraction of sp³-hybridized carbons (Fsp3) is 0.938. The summed E-state index contributed by atoms with van der Waals surface area (Å²) in [5.41, 5.74) is -1.11. The van der Waals surface area contributed by atoms with E-state index in [0.717, 1.165) is 6.42 Å². The summed E-state index contributed by atoms with van der Waals surface area (Å²) in [6.07, 6.45) is 8.77. The van der Waals surface area contributed by atoms with Crippen LogP contribution in [0.3, 0.4) is 0 Å². The lowest BCUT2D eigenvalue weighted by atomic mass is 9.93. The maximum atomic E-state index is 10.8. The largest absolute Gasteiger partial charge is 0.396 e. The molecule has 0 fully saturated rings. The van der Waals surface area contributed by atoms with Gasteiger partial charge in [-0.1, -0.05) is 52.4 Å². The number of aliphatic hydroxyl groups is 4. The average Bonchev–Trinajstić information content (AvgIpc) is 2.54. The predicted molar refractivity (Wildman–Crippen MR) is 91.9 cm³/mol. The van der Waals surface area contributed by atoms with Crippen LogP contribution in [0, 0.1) is 11.3 Å². The molecule has 5 nitrogen and oxygen atoms in total. The Kier molecular flexibility index (Phi) is 17.3. The molecular formula is C16H34O5S. The molecule has 0 aromatic rings. The minimum atomic E-state index is -1.11. The van der Waals surface area contributed by atoms with E-state index < -0.39 is 31.8 Å². The third kappa shape index (κ3) is 12.4. The van der Waals surface area contributed by atoms with Crippen LogP contribution in [0.4, 0.5) is 0 Å². The van der Waals surface area contributed by atoms with E-state index in [1.807, 2.05) is 6.92 Å². The highest BCUT2D eigenvalue weighted by Crippen LogP contribution is 2.13. The molecule has 0 aromatic heterocycles. The molecule has 22 heavy (non-hydrogen) atoms. The molecule has 0 rings (SSSR count). The zero-order valence-electron chi connectivity index (χ0n) is 14.0. The smallest absolute Gasteiger partial charge is 0.188 e. The van der Waals surface area contributed by atoms with Gasteiger partial charge in [0.15, 0.2) is 5.12 Å². The Morgan fingerprint density at radius 3 is 1.64 bits per heavy atom. The Morgan fingerprint density at radius 2 is 1.32 bits per heavy atom. The number of carbonyl (C=O) groups is 1. The van der Waals surface area contributed by atoms with Crippen molar-refractivity contribution >= 4 is 17.7 Å². The van der Waals surface area contributed by atoms with Crippen molar-refractivity contribution in [3.8, 4) is 0 Å². The lowest BCUT2D eigenvalue weighted by Gasteiger charge is -2.23. The minimum Gasteiger partial charge on any atom is -0.396 e. The van der Waals surface area contributed by atoms with Crippen LogP contribution in [-0.4, -0.2) is 52.0 Å².